The highest BCUT2D eigenvalue weighted by molar-refractivity contribution is 7.98. The molecule has 1 N–H and O–H groups in total. The monoisotopic (exact) mass is 335 g/mol. The van der Waals surface area contributed by atoms with Gasteiger partial charge in [0.15, 0.2) is 5.16 Å². The lowest BCUT2D eigenvalue weighted by Gasteiger charge is -2.12. The number of ether oxygens (including phenoxy) is 2. The van der Waals surface area contributed by atoms with Crippen molar-refractivity contribution in [2.75, 3.05) is 6.61 Å². The van der Waals surface area contributed by atoms with Gasteiger partial charge >= 0.3 is 5.69 Å². The Labute approximate surface area is 139 Å². The van der Waals surface area contributed by atoms with Crippen LogP contribution in [0.1, 0.15) is 31.9 Å². The highest BCUT2D eigenvalue weighted by Crippen LogP contribution is 2.37. The maximum atomic E-state index is 11.6. The minimum Gasteiger partial charge on any atom is -0.494 e. The quantitative estimate of drug-likeness (QED) is 0.822. The fourth-order valence-electron chi connectivity index (χ4n) is 2.72. The SMILES string of the molecule is CCOc1cc2c(cc1CSc1n[nH]c(=O)n1CC)OC(C)C2. The maximum Gasteiger partial charge on any atom is 0.343 e. The van der Waals surface area contributed by atoms with Crippen molar-refractivity contribution >= 4 is 11.8 Å². The van der Waals surface area contributed by atoms with Gasteiger partial charge in [-0.25, -0.2) is 9.89 Å². The first-order chi connectivity index (χ1) is 11.1. The van der Waals surface area contributed by atoms with Crippen molar-refractivity contribution in [3.8, 4) is 11.5 Å². The summed E-state index contributed by atoms with van der Waals surface area (Å²) < 4.78 is 13.2. The van der Waals surface area contributed by atoms with E-state index in [-0.39, 0.29) is 11.8 Å². The number of fused-ring (bicyclic) bond motifs is 1. The maximum absolute atomic E-state index is 11.6. The number of H-pyrrole nitrogens is 1. The fraction of sp³-hybridized carbons (Fsp3) is 0.500. The molecule has 7 heteroatoms. The molecular formula is C16H21N3O3S. The van der Waals surface area contributed by atoms with E-state index in [4.69, 9.17) is 9.47 Å². The van der Waals surface area contributed by atoms with E-state index in [1.807, 2.05) is 13.8 Å². The minimum absolute atomic E-state index is 0.175. The molecule has 1 atom stereocenters. The molecule has 1 aliphatic rings. The summed E-state index contributed by atoms with van der Waals surface area (Å²) in [6, 6.07) is 4.13. The van der Waals surface area contributed by atoms with Gasteiger partial charge in [-0.1, -0.05) is 11.8 Å². The van der Waals surface area contributed by atoms with E-state index in [9.17, 15) is 4.79 Å². The van der Waals surface area contributed by atoms with Crippen LogP contribution in [0.5, 0.6) is 11.5 Å². The lowest BCUT2D eigenvalue weighted by molar-refractivity contribution is 0.254. The van der Waals surface area contributed by atoms with Crippen LogP contribution in [-0.2, 0) is 18.7 Å². The van der Waals surface area contributed by atoms with Crippen LogP contribution in [0, 0.1) is 0 Å². The van der Waals surface area contributed by atoms with Crippen molar-refractivity contribution in [1.29, 1.82) is 0 Å². The van der Waals surface area contributed by atoms with Crippen LogP contribution in [-0.4, -0.2) is 27.5 Å². The predicted octanol–water partition coefficient (Wildman–Crippen LogP) is 2.61. The van der Waals surface area contributed by atoms with Gasteiger partial charge in [0.1, 0.15) is 17.6 Å². The molecule has 0 bridgehead atoms. The zero-order chi connectivity index (χ0) is 16.4. The largest absolute Gasteiger partial charge is 0.494 e. The molecule has 0 spiro atoms. The van der Waals surface area contributed by atoms with Crippen LogP contribution in [0.2, 0.25) is 0 Å². The topological polar surface area (TPSA) is 69.1 Å². The normalized spacial score (nSPS) is 16.2. The van der Waals surface area contributed by atoms with E-state index in [0.717, 1.165) is 23.5 Å². The molecule has 0 fully saturated rings. The summed E-state index contributed by atoms with van der Waals surface area (Å²) in [5.41, 5.74) is 2.08. The molecule has 0 saturated carbocycles. The van der Waals surface area contributed by atoms with Gasteiger partial charge in [0.05, 0.1) is 6.61 Å². The van der Waals surface area contributed by atoms with Gasteiger partial charge in [0.25, 0.3) is 0 Å². The molecule has 2 heterocycles. The summed E-state index contributed by atoms with van der Waals surface area (Å²) >= 11 is 1.52. The highest BCUT2D eigenvalue weighted by atomic mass is 32.2. The first kappa shape index (κ1) is 16.0. The third-order valence-corrected chi connectivity index (χ3v) is 4.80. The number of benzene rings is 1. The van der Waals surface area contributed by atoms with E-state index in [0.29, 0.717) is 24.1 Å². The Bertz CT molecular complexity index is 754. The van der Waals surface area contributed by atoms with Crippen LogP contribution in [0.25, 0.3) is 0 Å². The van der Waals surface area contributed by atoms with E-state index in [1.165, 1.54) is 17.3 Å². The molecule has 1 aromatic heterocycles. The van der Waals surface area contributed by atoms with E-state index >= 15 is 0 Å². The summed E-state index contributed by atoms with van der Waals surface area (Å²) in [6.45, 7) is 7.19. The molecule has 2 aromatic rings. The third-order valence-electron chi connectivity index (χ3n) is 3.78. The van der Waals surface area contributed by atoms with Crippen LogP contribution < -0.4 is 15.2 Å². The molecule has 124 valence electrons. The number of hydrogen-bond acceptors (Lipinski definition) is 5. The Morgan fingerprint density at radius 2 is 2.30 bits per heavy atom. The zero-order valence-corrected chi connectivity index (χ0v) is 14.4. The molecule has 1 aliphatic heterocycles. The van der Waals surface area contributed by atoms with Gasteiger partial charge in [-0.05, 0) is 32.9 Å². The molecule has 6 nitrogen and oxygen atoms in total. The molecule has 0 amide bonds. The van der Waals surface area contributed by atoms with Crippen molar-refractivity contribution in [2.45, 2.75) is 50.8 Å². The molecule has 1 unspecified atom stereocenters. The number of hydrogen-bond donors (Lipinski definition) is 1. The summed E-state index contributed by atoms with van der Waals surface area (Å²) in [7, 11) is 0. The van der Waals surface area contributed by atoms with Crippen LogP contribution >= 0.6 is 11.8 Å². The summed E-state index contributed by atoms with van der Waals surface area (Å²) in [4.78, 5) is 11.6. The standard InChI is InChI=1S/C16H21N3O3S/c1-4-19-15(20)17-18-16(19)23-9-12-8-14-11(6-10(3)22-14)7-13(12)21-5-2/h7-8,10H,4-6,9H2,1-3H3,(H,17,20). The number of aromatic nitrogens is 3. The van der Waals surface area contributed by atoms with Crippen LogP contribution in [0.3, 0.4) is 0 Å². The van der Waals surface area contributed by atoms with Crippen molar-refractivity contribution in [3.05, 3.63) is 33.7 Å². The third kappa shape index (κ3) is 3.24. The average molecular weight is 335 g/mol. The van der Waals surface area contributed by atoms with Gasteiger partial charge in [-0.15, -0.1) is 5.10 Å². The van der Waals surface area contributed by atoms with E-state index < -0.39 is 0 Å². The fourth-order valence-corrected chi connectivity index (χ4v) is 3.71. The Morgan fingerprint density at radius 3 is 3.04 bits per heavy atom. The summed E-state index contributed by atoms with van der Waals surface area (Å²) in [5.74, 6) is 2.49. The van der Waals surface area contributed by atoms with Crippen molar-refractivity contribution in [1.82, 2.24) is 14.8 Å². The summed E-state index contributed by atoms with van der Waals surface area (Å²) in [5, 5.41) is 7.26. The molecule has 0 radical (unpaired) electrons. The summed E-state index contributed by atoms with van der Waals surface area (Å²) in [6.07, 6.45) is 1.12. The number of nitrogens with one attached hydrogen (secondary N) is 1. The molecule has 23 heavy (non-hydrogen) atoms. The number of nitrogens with zero attached hydrogens (tertiary/aromatic N) is 2. The minimum atomic E-state index is -0.175. The second-order valence-electron chi connectivity index (χ2n) is 5.48. The van der Waals surface area contributed by atoms with Gasteiger partial charge < -0.3 is 9.47 Å². The van der Waals surface area contributed by atoms with Crippen molar-refractivity contribution in [3.63, 3.8) is 0 Å². The first-order valence-electron chi connectivity index (χ1n) is 7.85. The lowest BCUT2D eigenvalue weighted by Crippen LogP contribution is -2.16. The molecule has 0 aliphatic carbocycles. The number of rotatable bonds is 6. The van der Waals surface area contributed by atoms with Gasteiger partial charge in [-0.2, -0.15) is 0 Å². The van der Waals surface area contributed by atoms with Gasteiger partial charge in [-0.3, -0.25) is 4.57 Å². The first-order valence-corrected chi connectivity index (χ1v) is 8.84. The number of aromatic amines is 1. The molecule has 3 rings (SSSR count). The van der Waals surface area contributed by atoms with Crippen LogP contribution in [0.4, 0.5) is 0 Å². The highest BCUT2D eigenvalue weighted by Gasteiger charge is 2.22. The van der Waals surface area contributed by atoms with Gasteiger partial charge in [0, 0.05) is 29.8 Å². The van der Waals surface area contributed by atoms with Crippen molar-refractivity contribution < 1.29 is 9.47 Å². The molecular weight excluding hydrogens is 314 g/mol. The zero-order valence-electron chi connectivity index (χ0n) is 13.6. The average Bonchev–Trinajstić information content (AvgIpc) is 3.06. The van der Waals surface area contributed by atoms with Gasteiger partial charge in [0.2, 0.25) is 0 Å². The Kier molecular flexibility index (Phi) is 4.66. The molecule has 1 aromatic carbocycles. The molecule has 0 saturated heterocycles. The Balaban J connectivity index is 1.84. The smallest absolute Gasteiger partial charge is 0.343 e. The van der Waals surface area contributed by atoms with E-state index in [1.54, 1.807) is 4.57 Å². The van der Waals surface area contributed by atoms with Crippen molar-refractivity contribution in [2.24, 2.45) is 0 Å². The van der Waals surface area contributed by atoms with Crippen LogP contribution in [0.15, 0.2) is 22.1 Å². The second-order valence-corrected chi connectivity index (χ2v) is 6.42. The predicted molar refractivity (Wildman–Crippen MR) is 89.5 cm³/mol. The number of thioether (sulfide) groups is 1. The Morgan fingerprint density at radius 1 is 1.48 bits per heavy atom. The Hall–Kier alpha value is -1.89. The lowest BCUT2D eigenvalue weighted by atomic mass is 10.1. The van der Waals surface area contributed by atoms with E-state index in [2.05, 4.69) is 29.3 Å². The second kappa shape index (κ2) is 6.70.